The van der Waals surface area contributed by atoms with Gasteiger partial charge < -0.3 is 28.9 Å². The van der Waals surface area contributed by atoms with Crippen molar-refractivity contribution in [3.05, 3.63) is 194 Å². The van der Waals surface area contributed by atoms with Crippen LogP contribution in [0.3, 0.4) is 0 Å². The van der Waals surface area contributed by atoms with E-state index in [1.165, 1.54) is 0 Å². The van der Waals surface area contributed by atoms with Gasteiger partial charge in [0.15, 0.2) is 0 Å². The summed E-state index contributed by atoms with van der Waals surface area (Å²) in [5, 5.41) is 0. The molecule has 8 bridgehead atoms. The Kier molecular flexibility index (Phi) is 12.2. The molecule has 0 fully saturated rings. The van der Waals surface area contributed by atoms with E-state index >= 15 is 0 Å². The predicted octanol–water partition coefficient (Wildman–Crippen LogP) is 13.1. The molecule has 0 aliphatic carbocycles. The van der Waals surface area contributed by atoms with Crippen LogP contribution in [0.15, 0.2) is 160 Å². The standard InChI is InChI=1S/C56H48N4O4/c1-5-33-61-41-17-9-37(10-18-41)53-45-25-27-47(57-45)54(38-11-19-42(20-12-38)62-34-6-2)49-29-31-51(59-49)56(40-15-23-44(24-16-40)64-36-8-4)52-32-30-50(60-52)55(48-28-26-46(53)58-48)39-13-21-43(22-14-39)63-35-7-3/h5-29,31,57,60H,1-4,30,32-36H2. The van der Waals surface area contributed by atoms with E-state index < -0.39 is 0 Å². The first kappa shape index (κ1) is 41.3. The summed E-state index contributed by atoms with van der Waals surface area (Å²) in [5.41, 5.74) is 15.2. The van der Waals surface area contributed by atoms with Gasteiger partial charge in [-0.25, -0.2) is 9.97 Å². The molecule has 0 unspecified atom stereocenters. The lowest BCUT2D eigenvalue weighted by Gasteiger charge is -2.10. The van der Waals surface area contributed by atoms with E-state index in [1.54, 1.807) is 24.3 Å². The summed E-state index contributed by atoms with van der Waals surface area (Å²) in [6.07, 6.45) is 17.0. The molecule has 4 aromatic carbocycles. The van der Waals surface area contributed by atoms with Crippen molar-refractivity contribution < 1.29 is 18.9 Å². The van der Waals surface area contributed by atoms with Crippen molar-refractivity contribution in [3.63, 3.8) is 0 Å². The van der Waals surface area contributed by atoms with Gasteiger partial charge in [-0.1, -0.05) is 99.2 Å². The van der Waals surface area contributed by atoms with Gasteiger partial charge in [0, 0.05) is 44.7 Å². The van der Waals surface area contributed by atoms with Gasteiger partial charge in [-0.2, -0.15) is 0 Å². The predicted molar refractivity (Wildman–Crippen MR) is 262 cm³/mol. The molecule has 0 amide bonds. The minimum absolute atomic E-state index is 0.420. The molecule has 2 aromatic heterocycles. The van der Waals surface area contributed by atoms with Gasteiger partial charge in [0.05, 0.1) is 22.8 Å². The highest BCUT2D eigenvalue weighted by Gasteiger charge is 2.23. The second-order valence-electron chi connectivity index (χ2n) is 15.3. The molecule has 9 rings (SSSR count). The third-order valence-electron chi connectivity index (χ3n) is 11.1. The maximum atomic E-state index is 5.89. The Balaban J connectivity index is 1.36. The zero-order valence-electron chi connectivity index (χ0n) is 35.6. The van der Waals surface area contributed by atoms with Crippen molar-refractivity contribution in [1.82, 2.24) is 19.9 Å². The van der Waals surface area contributed by atoms with Crippen molar-refractivity contribution in [1.29, 1.82) is 0 Å². The van der Waals surface area contributed by atoms with Crippen LogP contribution in [0.5, 0.6) is 23.0 Å². The van der Waals surface area contributed by atoms with Gasteiger partial charge in [0.25, 0.3) is 0 Å². The molecule has 2 N–H and O–H groups in total. The summed E-state index contributed by atoms with van der Waals surface area (Å²) in [4.78, 5) is 18.7. The van der Waals surface area contributed by atoms with E-state index in [0.717, 1.165) is 126 Å². The molecule has 0 spiro atoms. The fourth-order valence-corrected chi connectivity index (χ4v) is 8.23. The lowest BCUT2D eigenvalue weighted by Crippen LogP contribution is -1.95. The Morgan fingerprint density at radius 2 is 0.656 bits per heavy atom. The highest BCUT2D eigenvalue weighted by molar-refractivity contribution is 5.97. The number of hydrogen-bond donors (Lipinski definition) is 2. The minimum Gasteiger partial charge on any atom is -0.490 e. The molecule has 8 heteroatoms. The number of hydrogen-bond acceptors (Lipinski definition) is 6. The van der Waals surface area contributed by atoms with E-state index in [9.17, 15) is 0 Å². The quantitative estimate of drug-likeness (QED) is 0.0941. The Labute approximate surface area is 373 Å². The molecular formula is C56H48N4O4. The molecule has 64 heavy (non-hydrogen) atoms. The van der Waals surface area contributed by atoms with Gasteiger partial charge in [0.1, 0.15) is 49.4 Å². The smallest absolute Gasteiger partial charge is 0.119 e. The van der Waals surface area contributed by atoms with Crippen LogP contribution in [0.4, 0.5) is 0 Å². The van der Waals surface area contributed by atoms with Crippen molar-refractivity contribution in [2.45, 2.75) is 12.8 Å². The number of rotatable bonds is 16. The van der Waals surface area contributed by atoms with Crippen molar-refractivity contribution in [3.8, 4) is 67.5 Å². The SMILES string of the molecule is C=CCOc1ccc(-c2c3nc(c(-c4ccc(OCC=C)cc4)c4ccc([nH]4)c(-c4ccc(OCC=C)cc4)c4nc(c(-c5ccc(OCC=C)cc5)c5[nH]c2CC5)C=C4)C=C3)cc1. The monoisotopic (exact) mass is 840 g/mol. The number of nitrogens with one attached hydrogen (secondary N) is 2. The zero-order valence-corrected chi connectivity index (χ0v) is 35.6. The Hall–Kier alpha value is -8.10. The number of ether oxygens (including phenoxy) is 4. The second kappa shape index (κ2) is 18.9. The summed E-state index contributed by atoms with van der Waals surface area (Å²) in [7, 11) is 0. The van der Waals surface area contributed by atoms with Crippen molar-refractivity contribution in [2.24, 2.45) is 0 Å². The fraction of sp³-hybridized carbons (Fsp3) is 0.107. The van der Waals surface area contributed by atoms with Crippen LogP contribution in [0.25, 0.3) is 79.8 Å². The van der Waals surface area contributed by atoms with Gasteiger partial charge in [0.2, 0.25) is 0 Å². The van der Waals surface area contributed by atoms with Crippen LogP contribution in [-0.4, -0.2) is 46.4 Å². The lowest BCUT2D eigenvalue weighted by molar-refractivity contribution is 0.363. The summed E-state index contributed by atoms with van der Waals surface area (Å²) in [5.74, 6) is 3.06. The number of aromatic amines is 2. The van der Waals surface area contributed by atoms with E-state index in [-0.39, 0.29) is 0 Å². The average Bonchev–Trinajstić information content (AvgIpc) is 4.19. The third-order valence-corrected chi connectivity index (χ3v) is 11.1. The van der Waals surface area contributed by atoms with Gasteiger partial charge in [-0.05, 0) is 120 Å². The molecule has 0 radical (unpaired) electrons. The first-order chi connectivity index (χ1) is 31.5. The largest absolute Gasteiger partial charge is 0.490 e. The number of H-pyrrole nitrogens is 2. The normalized spacial score (nSPS) is 12.0. The van der Waals surface area contributed by atoms with E-state index in [1.807, 2.05) is 48.5 Å². The van der Waals surface area contributed by atoms with Crippen molar-refractivity contribution in [2.75, 3.05) is 26.4 Å². The van der Waals surface area contributed by atoms with Crippen LogP contribution < -0.4 is 18.9 Å². The van der Waals surface area contributed by atoms with E-state index in [4.69, 9.17) is 28.9 Å². The molecule has 0 saturated heterocycles. The fourth-order valence-electron chi connectivity index (χ4n) is 8.23. The summed E-state index contributed by atoms with van der Waals surface area (Å²) < 4.78 is 23.5. The summed E-state index contributed by atoms with van der Waals surface area (Å²) >= 11 is 0. The van der Waals surface area contributed by atoms with Crippen LogP contribution >= 0.6 is 0 Å². The molecule has 3 aliphatic heterocycles. The van der Waals surface area contributed by atoms with E-state index in [2.05, 4.69) is 121 Å². The molecule has 0 atom stereocenters. The van der Waals surface area contributed by atoms with Crippen LogP contribution in [0, 0.1) is 0 Å². The third kappa shape index (κ3) is 8.67. The minimum atomic E-state index is 0.420. The zero-order chi connectivity index (χ0) is 43.8. The maximum Gasteiger partial charge on any atom is 0.119 e. The Bertz CT molecular complexity index is 2790. The number of fused-ring (bicyclic) bond motifs is 8. The van der Waals surface area contributed by atoms with E-state index in [0.29, 0.717) is 26.4 Å². The van der Waals surface area contributed by atoms with Crippen molar-refractivity contribution >= 4 is 35.3 Å². The Morgan fingerprint density at radius 3 is 0.953 bits per heavy atom. The number of aryl methyl sites for hydroxylation is 2. The van der Waals surface area contributed by atoms with Gasteiger partial charge in [-0.15, -0.1) is 0 Å². The van der Waals surface area contributed by atoms with Crippen LogP contribution in [0.2, 0.25) is 0 Å². The average molecular weight is 841 g/mol. The van der Waals surface area contributed by atoms with Gasteiger partial charge >= 0.3 is 0 Å². The molecule has 6 aromatic rings. The molecular weight excluding hydrogens is 793 g/mol. The number of aromatic nitrogens is 4. The molecule has 316 valence electrons. The first-order valence-electron chi connectivity index (χ1n) is 21.4. The molecule has 0 saturated carbocycles. The highest BCUT2D eigenvalue weighted by Crippen LogP contribution is 2.40. The summed E-state index contributed by atoms with van der Waals surface area (Å²) in [6, 6.07) is 36.9. The van der Waals surface area contributed by atoms with Gasteiger partial charge in [-0.3, -0.25) is 0 Å². The second-order valence-corrected chi connectivity index (χ2v) is 15.3. The lowest BCUT2D eigenvalue weighted by atomic mass is 9.99. The van der Waals surface area contributed by atoms with Crippen LogP contribution in [-0.2, 0) is 12.8 Å². The number of benzene rings is 4. The summed E-state index contributed by atoms with van der Waals surface area (Å²) in [6.45, 7) is 16.9. The maximum absolute atomic E-state index is 5.89. The molecule has 5 heterocycles. The number of nitrogens with zero attached hydrogens (tertiary/aromatic N) is 2. The molecule has 8 nitrogen and oxygen atoms in total. The molecule has 3 aliphatic rings. The topological polar surface area (TPSA) is 94.3 Å². The van der Waals surface area contributed by atoms with Crippen LogP contribution in [0.1, 0.15) is 34.2 Å². The Morgan fingerprint density at radius 1 is 0.375 bits per heavy atom. The highest BCUT2D eigenvalue weighted by atomic mass is 16.5. The first-order valence-corrected chi connectivity index (χ1v) is 21.4.